The summed E-state index contributed by atoms with van der Waals surface area (Å²) in [6.45, 7) is 1.52. The zero-order valence-electron chi connectivity index (χ0n) is 22.9. The third-order valence-electron chi connectivity index (χ3n) is 7.39. The van der Waals surface area contributed by atoms with Crippen molar-refractivity contribution in [1.82, 2.24) is 10.2 Å². The Morgan fingerprint density at radius 1 is 1.12 bits per heavy atom. The van der Waals surface area contributed by atoms with E-state index in [4.69, 9.17) is 23.7 Å². The molecule has 2 aromatic rings. The predicted octanol–water partition coefficient (Wildman–Crippen LogP) is 0.604. The average Bonchev–Trinajstić information content (AvgIpc) is 3.62. The van der Waals surface area contributed by atoms with E-state index in [1.54, 1.807) is 43.3 Å². The van der Waals surface area contributed by atoms with Gasteiger partial charge in [0.25, 0.3) is 0 Å². The van der Waals surface area contributed by atoms with Gasteiger partial charge in [-0.25, -0.2) is 0 Å². The minimum atomic E-state index is -1.25. The molecule has 220 valence electrons. The van der Waals surface area contributed by atoms with Gasteiger partial charge in [0.05, 0.1) is 32.3 Å². The van der Waals surface area contributed by atoms with Crippen LogP contribution in [0.4, 0.5) is 0 Å². The van der Waals surface area contributed by atoms with Crippen molar-refractivity contribution in [2.45, 2.75) is 44.2 Å². The van der Waals surface area contributed by atoms with Gasteiger partial charge in [0.1, 0.15) is 18.8 Å². The first-order valence-electron chi connectivity index (χ1n) is 13.4. The molecule has 12 nitrogen and oxygen atoms in total. The highest BCUT2D eigenvalue weighted by atomic mass is 16.7. The molecule has 0 radical (unpaired) electrons. The quantitative estimate of drug-likeness (QED) is 0.302. The van der Waals surface area contributed by atoms with Gasteiger partial charge in [0, 0.05) is 30.8 Å². The van der Waals surface area contributed by atoms with E-state index in [0.717, 1.165) is 5.56 Å². The van der Waals surface area contributed by atoms with E-state index in [1.807, 2.05) is 0 Å². The van der Waals surface area contributed by atoms with Crippen molar-refractivity contribution >= 4 is 11.8 Å². The van der Waals surface area contributed by atoms with E-state index < -0.39 is 36.0 Å². The van der Waals surface area contributed by atoms with Crippen LogP contribution in [0.3, 0.4) is 0 Å². The number of amides is 2. The fourth-order valence-electron chi connectivity index (χ4n) is 5.49. The Hall–Kier alpha value is -3.84. The second kappa shape index (κ2) is 12.4. The fraction of sp³-hybridized carbons (Fsp3) is 0.448. The zero-order chi connectivity index (χ0) is 29.1. The number of methoxy groups -OCH3 is 1. The third-order valence-corrected chi connectivity index (χ3v) is 7.39. The number of carbonyl (C=O) groups excluding carboxylic acids is 2. The molecule has 0 bridgehead atoms. The van der Waals surface area contributed by atoms with E-state index in [9.17, 15) is 24.9 Å². The number of nitrogens with one attached hydrogen (secondary N) is 1. The van der Waals surface area contributed by atoms with Crippen LogP contribution >= 0.6 is 0 Å². The van der Waals surface area contributed by atoms with E-state index in [2.05, 4.69) is 5.32 Å². The molecule has 2 heterocycles. The van der Waals surface area contributed by atoms with Gasteiger partial charge >= 0.3 is 0 Å². The number of ether oxygens (including phenoxy) is 5. The molecule has 2 amide bonds. The molecule has 2 aromatic carbocycles. The summed E-state index contributed by atoms with van der Waals surface area (Å²) in [4.78, 5) is 28.4. The monoisotopic (exact) mass is 570 g/mol. The maximum absolute atomic E-state index is 13.5. The summed E-state index contributed by atoms with van der Waals surface area (Å²) in [7, 11) is 1.46. The molecular formula is C29H34N2O10. The summed E-state index contributed by atoms with van der Waals surface area (Å²) < 4.78 is 28.1. The number of aliphatic hydroxyl groups is 3. The van der Waals surface area contributed by atoms with Crippen LogP contribution in [0, 0.1) is 0 Å². The number of hydrogen-bond donors (Lipinski definition) is 4. The highest BCUT2D eigenvalue weighted by molar-refractivity contribution is 5.96. The third kappa shape index (κ3) is 5.55. The Morgan fingerprint density at radius 2 is 1.93 bits per heavy atom. The van der Waals surface area contributed by atoms with Gasteiger partial charge in [-0.05, 0) is 48.4 Å². The fourth-order valence-corrected chi connectivity index (χ4v) is 5.49. The van der Waals surface area contributed by atoms with Crippen molar-refractivity contribution < 1.29 is 48.6 Å². The first-order valence-corrected chi connectivity index (χ1v) is 13.4. The van der Waals surface area contributed by atoms with Crippen molar-refractivity contribution in [3.05, 3.63) is 58.7 Å². The maximum atomic E-state index is 13.5. The second-order valence-corrected chi connectivity index (χ2v) is 9.86. The van der Waals surface area contributed by atoms with Crippen LogP contribution < -0.4 is 24.3 Å². The van der Waals surface area contributed by atoms with E-state index >= 15 is 0 Å². The van der Waals surface area contributed by atoms with Gasteiger partial charge in [0.2, 0.25) is 18.6 Å². The summed E-state index contributed by atoms with van der Waals surface area (Å²) in [6, 6.07) is 7.70. The molecule has 0 spiro atoms. The van der Waals surface area contributed by atoms with Gasteiger partial charge in [0.15, 0.2) is 23.0 Å². The van der Waals surface area contributed by atoms with Gasteiger partial charge in [-0.1, -0.05) is 6.07 Å². The smallest absolute Gasteiger partial charge is 0.249 e. The topological polar surface area (TPSA) is 156 Å². The molecule has 3 aliphatic rings. The Bertz CT molecular complexity index is 1330. The molecule has 4 N–H and O–H groups in total. The Balaban J connectivity index is 1.57. The largest absolute Gasteiger partial charge is 0.493 e. The number of hydrogen-bond acceptors (Lipinski definition) is 10. The number of carbonyl (C=O) groups is 2. The molecular weight excluding hydrogens is 536 g/mol. The van der Waals surface area contributed by atoms with Crippen molar-refractivity contribution in [1.29, 1.82) is 0 Å². The van der Waals surface area contributed by atoms with Gasteiger partial charge in [-0.2, -0.15) is 0 Å². The summed E-state index contributed by atoms with van der Waals surface area (Å²) in [5.74, 6) is 0.255. The number of benzene rings is 2. The lowest BCUT2D eigenvalue weighted by Crippen LogP contribution is -2.56. The van der Waals surface area contributed by atoms with Gasteiger partial charge < -0.3 is 49.2 Å². The number of rotatable bonds is 11. The Kier molecular flexibility index (Phi) is 8.64. The van der Waals surface area contributed by atoms with Gasteiger partial charge in [-0.15, -0.1) is 0 Å². The van der Waals surface area contributed by atoms with Crippen LogP contribution in [-0.2, 0) is 27.5 Å². The van der Waals surface area contributed by atoms with Crippen LogP contribution in [0.25, 0.3) is 0 Å². The molecule has 12 heteroatoms. The molecule has 0 saturated heterocycles. The molecule has 0 fully saturated rings. The number of nitrogens with zero attached hydrogens (tertiary/aromatic N) is 1. The molecule has 0 saturated carbocycles. The van der Waals surface area contributed by atoms with E-state index in [-0.39, 0.29) is 45.3 Å². The minimum Gasteiger partial charge on any atom is -0.493 e. The first-order chi connectivity index (χ1) is 19.9. The summed E-state index contributed by atoms with van der Waals surface area (Å²) in [5.41, 5.74) is 2.10. The number of fused-ring (bicyclic) bond motifs is 4. The van der Waals surface area contributed by atoms with Crippen molar-refractivity contribution in [2.75, 3.05) is 40.3 Å². The second-order valence-electron chi connectivity index (χ2n) is 9.86. The summed E-state index contributed by atoms with van der Waals surface area (Å²) in [6.07, 6.45) is -0.619. The standard InChI is InChI=1S/C29H34N2O10/c1-3-38-14-24(34)31(12-16-4-5-21-22(9-16)40-15-39-21)20-11-19(29(36)30-6-7-32)25-18-8-17(13-33)10-23(37-2)27(18)41-28(25)26(20)35/h4-5,8-11,20,25-26,28,32-33,35H,3,6-7,12-15H2,1-2H3,(H,30,36)/t20-,25+,26+,28+/m1/s1. The van der Waals surface area contributed by atoms with Gasteiger partial charge in [-0.3, -0.25) is 9.59 Å². The normalized spacial score (nSPS) is 21.8. The highest BCUT2D eigenvalue weighted by Crippen LogP contribution is 2.51. The first kappa shape index (κ1) is 28.7. The zero-order valence-corrected chi connectivity index (χ0v) is 22.9. The van der Waals surface area contributed by atoms with Crippen LogP contribution in [0.5, 0.6) is 23.0 Å². The predicted molar refractivity (Wildman–Crippen MR) is 144 cm³/mol. The lowest BCUT2D eigenvalue weighted by Gasteiger charge is -2.40. The Labute approximate surface area is 237 Å². The summed E-state index contributed by atoms with van der Waals surface area (Å²) in [5, 5.41) is 33.6. The Morgan fingerprint density at radius 3 is 2.66 bits per heavy atom. The van der Waals surface area contributed by atoms with Crippen LogP contribution in [0.2, 0.25) is 0 Å². The molecule has 5 rings (SSSR count). The molecule has 1 aliphatic carbocycles. The number of aliphatic hydroxyl groups excluding tert-OH is 3. The lowest BCUT2D eigenvalue weighted by molar-refractivity contribution is -0.142. The average molecular weight is 571 g/mol. The van der Waals surface area contributed by atoms with Crippen molar-refractivity contribution in [3.63, 3.8) is 0 Å². The van der Waals surface area contributed by atoms with E-state index in [1.165, 1.54) is 12.0 Å². The van der Waals surface area contributed by atoms with Crippen LogP contribution in [0.1, 0.15) is 29.5 Å². The molecule has 41 heavy (non-hydrogen) atoms. The highest BCUT2D eigenvalue weighted by Gasteiger charge is 2.51. The van der Waals surface area contributed by atoms with Crippen molar-refractivity contribution in [3.8, 4) is 23.0 Å². The molecule has 2 aliphatic heterocycles. The SMILES string of the molecule is CCOCC(=O)N(Cc1ccc2c(c1)OCO2)[C@@H]1C=C(C(=O)NCCO)[C@@H]2c3cc(CO)cc(OC)c3O[C@@H]2[C@H]1O. The van der Waals surface area contributed by atoms with Crippen molar-refractivity contribution in [2.24, 2.45) is 0 Å². The summed E-state index contributed by atoms with van der Waals surface area (Å²) >= 11 is 0. The van der Waals surface area contributed by atoms with Crippen LogP contribution in [-0.4, -0.2) is 90.6 Å². The lowest BCUT2D eigenvalue weighted by atomic mass is 9.77. The van der Waals surface area contributed by atoms with Crippen LogP contribution in [0.15, 0.2) is 42.0 Å². The minimum absolute atomic E-state index is 0.0126. The molecule has 0 unspecified atom stereocenters. The molecule has 0 aromatic heterocycles. The van der Waals surface area contributed by atoms with E-state index in [0.29, 0.717) is 40.7 Å². The molecule has 4 atom stereocenters. The maximum Gasteiger partial charge on any atom is 0.249 e.